The number of hydrogen-bond acceptors (Lipinski definition) is 8. The van der Waals surface area contributed by atoms with Crippen LogP contribution in [0.15, 0.2) is 47.4 Å². The number of nitrogens with one attached hydrogen (secondary N) is 1. The van der Waals surface area contributed by atoms with E-state index in [2.05, 4.69) is 5.32 Å². The van der Waals surface area contributed by atoms with Crippen molar-refractivity contribution in [2.45, 2.75) is 11.3 Å². The van der Waals surface area contributed by atoms with E-state index in [-0.39, 0.29) is 23.5 Å². The average Bonchev–Trinajstić information content (AvgIpc) is 2.88. The lowest BCUT2D eigenvalue weighted by atomic mass is 10.1. The molecule has 10 nitrogen and oxygen atoms in total. The molecule has 0 radical (unpaired) electrons. The van der Waals surface area contributed by atoms with Crippen molar-refractivity contribution in [1.29, 1.82) is 0 Å². The predicted octanol–water partition coefficient (Wildman–Crippen LogP) is 0.994. The van der Waals surface area contributed by atoms with E-state index in [0.717, 1.165) is 5.56 Å². The molecule has 182 valence electrons. The molecule has 2 aliphatic heterocycles. The van der Waals surface area contributed by atoms with Crippen LogP contribution in [0.25, 0.3) is 0 Å². The SMILES string of the molecule is O=C(COC(=O)c1ccc(S(=O)(=O)N2CCOCC2)cc1)NCCc1ccc2c(c1)OCCO2. The fraction of sp³-hybridized carbons (Fsp3) is 0.391. The van der Waals surface area contributed by atoms with Gasteiger partial charge in [-0.25, -0.2) is 13.2 Å². The highest BCUT2D eigenvalue weighted by Crippen LogP contribution is 2.30. The summed E-state index contributed by atoms with van der Waals surface area (Å²) in [6.45, 7) is 2.23. The lowest BCUT2D eigenvalue weighted by Gasteiger charge is -2.26. The van der Waals surface area contributed by atoms with E-state index >= 15 is 0 Å². The Morgan fingerprint density at radius 1 is 0.941 bits per heavy atom. The Morgan fingerprint density at radius 2 is 1.65 bits per heavy atom. The first-order valence-electron chi connectivity index (χ1n) is 10.9. The van der Waals surface area contributed by atoms with Gasteiger partial charge in [-0.15, -0.1) is 0 Å². The Bertz CT molecular complexity index is 1130. The normalized spacial score (nSPS) is 16.0. The molecule has 0 atom stereocenters. The number of nitrogens with zero attached hydrogens (tertiary/aromatic N) is 1. The minimum absolute atomic E-state index is 0.0860. The number of hydrogen-bond donors (Lipinski definition) is 1. The summed E-state index contributed by atoms with van der Waals surface area (Å²) in [6.07, 6.45) is 0.579. The van der Waals surface area contributed by atoms with Gasteiger partial charge in [-0.3, -0.25) is 4.79 Å². The van der Waals surface area contributed by atoms with Gasteiger partial charge >= 0.3 is 5.97 Å². The molecule has 0 saturated carbocycles. The van der Waals surface area contributed by atoms with E-state index in [1.165, 1.54) is 28.6 Å². The van der Waals surface area contributed by atoms with Gasteiger partial charge in [0.1, 0.15) is 13.2 Å². The third-order valence-corrected chi connectivity index (χ3v) is 7.29. The third kappa shape index (κ3) is 5.85. The monoisotopic (exact) mass is 490 g/mol. The van der Waals surface area contributed by atoms with Crippen molar-refractivity contribution in [1.82, 2.24) is 9.62 Å². The maximum Gasteiger partial charge on any atom is 0.338 e. The van der Waals surface area contributed by atoms with E-state index in [1.807, 2.05) is 18.2 Å². The zero-order valence-electron chi connectivity index (χ0n) is 18.5. The quantitative estimate of drug-likeness (QED) is 0.544. The van der Waals surface area contributed by atoms with E-state index in [0.29, 0.717) is 50.9 Å². The van der Waals surface area contributed by atoms with Crippen molar-refractivity contribution >= 4 is 21.9 Å². The molecule has 4 rings (SSSR count). The van der Waals surface area contributed by atoms with Crippen LogP contribution >= 0.6 is 0 Å². The number of amides is 1. The molecule has 2 heterocycles. The molecule has 2 aromatic rings. The standard InChI is InChI=1S/C23H26N2O8S/c26-22(24-8-7-17-1-6-20-21(15-17)32-14-13-31-20)16-33-23(27)18-2-4-19(5-3-18)34(28,29)25-9-11-30-12-10-25/h1-6,15H,7-14,16H2,(H,24,26). The van der Waals surface area contributed by atoms with Crippen LogP contribution < -0.4 is 14.8 Å². The third-order valence-electron chi connectivity index (χ3n) is 5.37. The second-order valence-corrected chi connectivity index (χ2v) is 9.63. The molecule has 2 aromatic carbocycles. The van der Waals surface area contributed by atoms with Gasteiger partial charge in [-0.2, -0.15) is 4.31 Å². The number of ether oxygens (including phenoxy) is 4. The van der Waals surface area contributed by atoms with Crippen molar-refractivity contribution in [2.75, 3.05) is 52.7 Å². The topological polar surface area (TPSA) is 120 Å². The molecule has 34 heavy (non-hydrogen) atoms. The van der Waals surface area contributed by atoms with Crippen LogP contribution in [0.5, 0.6) is 11.5 Å². The van der Waals surface area contributed by atoms with Crippen LogP contribution in [0, 0.1) is 0 Å². The number of sulfonamides is 1. The summed E-state index contributed by atoms with van der Waals surface area (Å²) in [6, 6.07) is 11.1. The van der Waals surface area contributed by atoms with E-state index < -0.39 is 28.5 Å². The number of morpholine rings is 1. The Kier molecular flexibility index (Phi) is 7.66. The van der Waals surface area contributed by atoms with Crippen LogP contribution in [0.2, 0.25) is 0 Å². The van der Waals surface area contributed by atoms with Crippen LogP contribution in [0.1, 0.15) is 15.9 Å². The molecule has 2 aliphatic rings. The molecule has 1 fully saturated rings. The summed E-state index contributed by atoms with van der Waals surface area (Å²) in [5.74, 6) is 0.250. The fourth-order valence-electron chi connectivity index (χ4n) is 3.55. The van der Waals surface area contributed by atoms with Crippen LogP contribution in [0.3, 0.4) is 0 Å². The average molecular weight is 491 g/mol. The van der Waals surface area contributed by atoms with Gasteiger partial charge in [0.25, 0.3) is 5.91 Å². The molecule has 0 unspecified atom stereocenters. The van der Waals surface area contributed by atoms with Gasteiger partial charge in [-0.1, -0.05) is 6.07 Å². The number of carbonyl (C=O) groups excluding carboxylic acids is 2. The Morgan fingerprint density at radius 3 is 2.38 bits per heavy atom. The predicted molar refractivity (Wildman–Crippen MR) is 120 cm³/mol. The smallest absolute Gasteiger partial charge is 0.338 e. The molecule has 0 aromatic heterocycles. The highest BCUT2D eigenvalue weighted by molar-refractivity contribution is 7.89. The molecular weight excluding hydrogens is 464 g/mol. The first-order valence-corrected chi connectivity index (χ1v) is 12.4. The second-order valence-electron chi connectivity index (χ2n) is 7.69. The maximum atomic E-state index is 12.6. The maximum absolute atomic E-state index is 12.6. The number of carbonyl (C=O) groups is 2. The first-order chi connectivity index (χ1) is 16.4. The van der Waals surface area contributed by atoms with Crippen molar-refractivity contribution in [3.63, 3.8) is 0 Å². The van der Waals surface area contributed by atoms with Gasteiger partial charge in [0.05, 0.1) is 23.7 Å². The summed E-state index contributed by atoms with van der Waals surface area (Å²) in [4.78, 5) is 24.4. The van der Waals surface area contributed by atoms with Gasteiger partial charge < -0.3 is 24.3 Å². The molecule has 0 aliphatic carbocycles. The van der Waals surface area contributed by atoms with Gasteiger partial charge in [0.15, 0.2) is 18.1 Å². The molecule has 0 spiro atoms. The van der Waals surface area contributed by atoms with Gasteiger partial charge in [0, 0.05) is 19.6 Å². The van der Waals surface area contributed by atoms with Crippen LogP contribution in [-0.2, 0) is 30.7 Å². The Balaban J connectivity index is 1.22. The lowest BCUT2D eigenvalue weighted by Crippen LogP contribution is -2.40. The molecule has 1 N–H and O–H groups in total. The summed E-state index contributed by atoms with van der Waals surface area (Å²) >= 11 is 0. The lowest BCUT2D eigenvalue weighted by molar-refractivity contribution is -0.124. The van der Waals surface area contributed by atoms with Crippen LogP contribution in [0.4, 0.5) is 0 Å². The number of esters is 1. The van der Waals surface area contributed by atoms with Crippen molar-refractivity contribution in [2.24, 2.45) is 0 Å². The molecule has 0 bridgehead atoms. The molecule has 1 saturated heterocycles. The highest BCUT2D eigenvalue weighted by atomic mass is 32.2. The van der Waals surface area contributed by atoms with E-state index in [9.17, 15) is 18.0 Å². The van der Waals surface area contributed by atoms with Gasteiger partial charge in [0.2, 0.25) is 10.0 Å². The number of fused-ring (bicyclic) bond motifs is 1. The minimum atomic E-state index is -3.65. The zero-order valence-corrected chi connectivity index (χ0v) is 19.3. The van der Waals surface area contributed by atoms with Crippen molar-refractivity contribution in [3.05, 3.63) is 53.6 Å². The van der Waals surface area contributed by atoms with Crippen molar-refractivity contribution < 1.29 is 37.0 Å². The largest absolute Gasteiger partial charge is 0.486 e. The number of rotatable bonds is 8. The molecule has 11 heteroatoms. The summed E-state index contributed by atoms with van der Waals surface area (Å²) < 4.78 is 47.9. The Labute approximate surface area is 197 Å². The zero-order chi connectivity index (χ0) is 24.0. The molecular formula is C23H26N2O8S. The Hall–Kier alpha value is -3.15. The van der Waals surface area contributed by atoms with E-state index in [1.54, 1.807) is 0 Å². The summed E-state index contributed by atoms with van der Waals surface area (Å²) in [7, 11) is -3.65. The second kappa shape index (κ2) is 10.9. The van der Waals surface area contributed by atoms with Gasteiger partial charge in [-0.05, 0) is 48.4 Å². The fourth-order valence-corrected chi connectivity index (χ4v) is 4.96. The molecule has 1 amide bonds. The van der Waals surface area contributed by atoms with Crippen molar-refractivity contribution in [3.8, 4) is 11.5 Å². The summed E-state index contributed by atoms with van der Waals surface area (Å²) in [5, 5.41) is 2.70. The summed E-state index contributed by atoms with van der Waals surface area (Å²) in [5.41, 5.74) is 1.14. The number of benzene rings is 2. The van der Waals surface area contributed by atoms with E-state index in [4.69, 9.17) is 18.9 Å². The minimum Gasteiger partial charge on any atom is -0.486 e. The first kappa shape index (κ1) is 24.0. The van der Waals surface area contributed by atoms with Crippen LogP contribution in [-0.4, -0.2) is 77.3 Å². The highest BCUT2D eigenvalue weighted by Gasteiger charge is 2.26.